The predicted octanol–water partition coefficient (Wildman–Crippen LogP) is 1.68. The van der Waals surface area contributed by atoms with Crippen molar-refractivity contribution in [3.8, 4) is 5.88 Å². The van der Waals surface area contributed by atoms with Crippen molar-refractivity contribution in [3.63, 3.8) is 0 Å². The number of ether oxygens (including phenoxy) is 1. The number of nitrogens with zero attached hydrogens (tertiary/aromatic N) is 2. The summed E-state index contributed by atoms with van der Waals surface area (Å²) in [5, 5.41) is 3.85. The smallest absolute Gasteiger partial charge is 0.235 e. The highest BCUT2D eigenvalue weighted by atomic mass is 35.5. The van der Waals surface area contributed by atoms with E-state index in [0.29, 0.717) is 16.8 Å². The van der Waals surface area contributed by atoms with E-state index in [0.717, 1.165) is 25.3 Å². The number of piperidine rings is 1. The molecule has 1 fully saturated rings. The minimum atomic E-state index is 0.466. The van der Waals surface area contributed by atoms with Gasteiger partial charge in [-0.1, -0.05) is 11.6 Å². The highest BCUT2D eigenvalue weighted by Gasteiger charge is 2.15. The van der Waals surface area contributed by atoms with Gasteiger partial charge in [-0.05, 0) is 31.8 Å². The average molecular weight is 242 g/mol. The molecule has 2 heterocycles. The van der Waals surface area contributed by atoms with Gasteiger partial charge in [0.25, 0.3) is 0 Å². The molecule has 1 aliphatic rings. The van der Waals surface area contributed by atoms with E-state index >= 15 is 0 Å². The Bertz CT molecular complexity index is 353. The summed E-state index contributed by atoms with van der Waals surface area (Å²) >= 11 is 5.88. The van der Waals surface area contributed by atoms with Gasteiger partial charge in [0.15, 0.2) is 0 Å². The van der Waals surface area contributed by atoms with E-state index in [2.05, 4.69) is 15.3 Å². The maximum Gasteiger partial charge on any atom is 0.235 e. The first-order valence-electron chi connectivity index (χ1n) is 5.55. The van der Waals surface area contributed by atoms with E-state index in [1.807, 2.05) is 0 Å². The van der Waals surface area contributed by atoms with Crippen molar-refractivity contribution >= 4 is 11.6 Å². The summed E-state index contributed by atoms with van der Waals surface area (Å²) in [7, 11) is 1.57. The zero-order valence-electron chi connectivity index (χ0n) is 9.37. The molecule has 1 N–H and O–H groups in total. The van der Waals surface area contributed by atoms with Gasteiger partial charge in [0.05, 0.1) is 13.3 Å². The fourth-order valence-corrected chi connectivity index (χ4v) is 2.15. The second-order valence-electron chi connectivity index (χ2n) is 4.06. The van der Waals surface area contributed by atoms with E-state index in [-0.39, 0.29) is 0 Å². The first-order valence-corrected chi connectivity index (χ1v) is 5.93. The second-order valence-corrected chi connectivity index (χ2v) is 4.47. The van der Waals surface area contributed by atoms with Gasteiger partial charge in [-0.15, -0.1) is 0 Å². The number of hydrogen-bond acceptors (Lipinski definition) is 4. The Morgan fingerprint density at radius 3 is 3.19 bits per heavy atom. The van der Waals surface area contributed by atoms with Crippen LogP contribution in [0.15, 0.2) is 6.20 Å². The molecule has 1 saturated heterocycles. The lowest BCUT2D eigenvalue weighted by molar-refractivity contribution is 0.363. The Balaban J connectivity index is 2.03. The van der Waals surface area contributed by atoms with Gasteiger partial charge in [-0.2, -0.15) is 4.98 Å². The molecule has 4 nitrogen and oxygen atoms in total. The summed E-state index contributed by atoms with van der Waals surface area (Å²) in [5.41, 5.74) is 0. The van der Waals surface area contributed by atoms with Crippen LogP contribution in [0.2, 0.25) is 5.02 Å². The number of methoxy groups -OCH3 is 1. The van der Waals surface area contributed by atoms with Crippen molar-refractivity contribution in [2.45, 2.75) is 19.3 Å². The molecule has 0 bridgehead atoms. The predicted molar refractivity (Wildman–Crippen MR) is 62.9 cm³/mol. The molecule has 16 heavy (non-hydrogen) atoms. The molecular weight excluding hydrogens is 226 g/mol. The summed E-state index contributed by atoms with van der Waals surface area (Å²) in [6, 6.07) is 0. The van der Waals surface area contributed by atoms with Gasteiger partial charge in [0, 0.05) is 6.42 Å². The maximum absolute atomic E-state index is 5.88. The number of hydrogen-bond donors (Lipinski definition) is 1. The van der Waals surface area contributed by atoms with Crippen LogP contribution < -0.4 is 10.1 Å². The number of nitrogens with one attached hydrogen (secondary N) is 1. The summed E-state index contributed by atoms with van der Waals surface area (Å²) in [6.45, 7) is 2.18. The van der Waals surface area contributed by atoms with Crippen LogP contribution in [-0.2, 0) is 6.42 Å². The summed E-state index contributed by atoms with van der Waals surface area (Å²) in [6.07, 6.45) is 4.97. The van der Waals surface area contributed by atoms with Crippen LogP contribution in [0.1, 0.15) is 18.7 Å². The number of aromatic nitrogens is 2. The Morgan fingerprint density at radius 1 is 1.62 bits per heavy atom. The van der Waals surface area contributed by atoms with Gasteiger partial charge >= 0.3 is 0 Å². The van der Waals surface area contributed by atoms with E-state index in [1.54, 1.807) is 13.3 Å². The molecule has 0 saturated carbocycles. The third-order valence-electron chi connectivity index (χ3n) is 2.83. The summed E-state index contributed by atoms with van der Waals surface area (Å²) in [4.78, 5) is 8.52. The van der Waals surface area contributed by atoms with Gasteiger partial charge in [-0.3, -0.25) is 0 Å². The maximum atomic E-state index is 5.88. The molecule has 0 radical (unpaired) electrons. The van der Waals surface area contributed by atoms with Crippen molar-refractivity contribution in [2.75, 3.05) is 20.2 Å². The Morgan fingerprint density at radius 2 is 2.50 bits per heavy atom. The largest absolute Gasteiger partial charge is 0.480 e. The van der Waals surface area contributed by atoms with Crippen LogP contribution in [0.25, 0.3) is 0 Å². The third kappa shape index (κ3) is 2.83. The van der Waals surface area contributed by atoms with Gasteiger partial charge < -0.3 is 10.1 Å². The van der Waals surface area contributed by atoms with Gasteiger partial charge in [0.1, 0.15) is 10.8 Å². The second kappa shape index (κ2) is 5.46. The topological polar surface area (TPSA) is 47.0 Å². The van der Waals surface area contributed by atoms with Gasteiger partial charge in [-0.25, -0.2) is 4.98 Å². The fraction of sp³-hybridized carbons (Fsp3) is 0.636. The van der Waals surface area contributed by atoms with Crippen LogP contribution in [0, 0.1) is 5.92 Å². The molecule has 1 aliphatic heterocycles. The molecule has 88 valence electrons. The first kappa shape index (κ1) is 11.6. The summed E-state index contributed by atoms with van der Waals surface area (Å²) < 4.78 is 5.08. The zero-order valence-corrected chi connectivity index (χ0v) is 10.1. The molecule has 0 spiro atoms. The molecule has 1 aromatic heterocycles. The SMILES string of the molecule is COc1nc(C[C@@H]2CCCNC2)ncc1Cl. The number of halogens is 1. The lowest BCUT2D eigenvalue weighted by Crippen LogP contribution is -2.31. The molecule has 0 unspecified atom stereocenters. The molecule has 0 aromatic carbocycles. The summed E-state index contributed by atoms with van der Waals surface area (Å²) in [5.74, 6) is 1.91. The first-order chi connectivity index (χ1) is 7.79. The van der Waals surface area contributed by atoms with E-state index in [1.165, 1.54) is 12.8 Å². The lowest BCUT2D eigenvalue weighted by Gasteiger charge is -2.21. The highest BCUT2D eigenvalue weighted by Crippen LogP contribution is 2.21. The standard InChI is InChI=1S/C11H16ClN3O/c1-16-11-9(12)7-14-10(15-11)5-8-3-2-4-13-6-8/h7-8,13H,2-6H2,1H3/t8-/m0/s1. The molecule has 2 rings (SSSR count). The van der Waals surface area contributed by atoms with Gasteiger partial charge in [0.2, 0.25) is 5.88 Å². The van der Waals surface area contributed by atoms with E-state index < -0.39 is 0 Å². The van der Waals surface area contributed by atoms with Crippen molar-refractivity contribution < 1.29 is 4.74 Å². The molecule has 5 heteroatoms. The monoisotopic (exact) mass is 241 g/mol. The minimum Gasteiger partial charge on any atom is -0.480 e. The molecule has 0 aliphatic carbocycles. The fourth-order valence-electron chi connectivity index (χ4n) is 1.98. The van der Waals surface area contributed by atoms with Crippen LogP contribution in [0.5, 0.6) is 5.88 Å². The van der Waals surface area contributed by atoms with E-state index in [9.17, 15) is 0 Å². The molecular formula is C11H16ClN3O. The normalized spacial score (nSPS) is 20.8. The lowest BCUT2D eigenvalue weighted by atomic mass is 9.96. The van der Waals surface area contributed by atoms with Crippen LogP contribution in [-0.4, -0.2) is 30.2 Å². The average Bonchev–Trinajstić information content (AvgIpc) is 2.33. The van der Waals surface area contributed by atoms with Crippen LogP contribution in [0.3, 0.4) is 0 Å². The minimum absolute atomic E-state index is 0.466. The van der Waals surface area contributed by atoms with Crippen LogP contribution >= 0.6 is 11.6 Å². The zero-order chi connectivity index (χ0) is 11.4. The third-order valence-corrected chi connectivity index (χ3v) is 3.08. The molecule has 1 aromatic rings. The highest BCUT2D eigenvalue weighted by molar-refractivity contribution is 6.31. The van der Waals surface area contributed by atoms with Crippen molar-refractivity contribution in [3.05, 3.63) is 17.0 Å². The van der Waals surface area contributed by atoms with Crippen molar-refractivity contribution in [2.24, 2.45) is 5.92 Å². The van der Waals surface area contributed by atoms with E-state index in [4.69, 9.17) is 16.3 Å². The Labute approximate surface area is 100 Å². The Hall–Kier alpha value is -0.870. The van der Waals surface area contributed by atoms with Crippen LogP contribution in [0.4, 0.5) is 0 Å². The van der Waals surface area contributed by atoms with Crippen molar-refractivity contribution in [1.82, 2.24) is 15.3 Å². The number of rotatable bonds is 3. The molecule has 1 atom stereocenters. The quantitative estimate of drug-likeness (QED) is 0.875. The molecule has 0 amide bonds. The Kier molecular flexibility index (Phi) is 3.96. The van der Waals surface area contributed by atoms with Crippen molar-refractivity contribution in [1.29, 1.82) is 0 Å².